The third-order valence-corrected chi connectivity index (χ3v) is 6.73. The van der Waals surface area contributed by atoms with Gasteiger partial charge in [0.25, 0.3) is 17.1 Å². The monoisotopic (exact) mass is 575 g/mol. The lowest BCUT2D eigenvalue weighted by molar-refractivity contribution is -0.127. The van der Waals surface area contributed by atoms with Crippen LogP contribution in [-0.4, -0.2) is 54.7 Å². The molecule has 1 aliphatic heterocycles. The fourth-order valence-corrected chi connectivity index (χ4v) is 4.69. The van der Waals surface area contributed by atoms with Gasteiger partial charge in [-0.3, -0.25) is 24.1 Å². The standard InChI is InChI=1S/C30H29N3O7S/c1-4-39-23-14-12-22(13-15-23)31-26(34)17-33-29(36)25(41-30(33)37)16-20-6-5-7-24(38-3)28(20)40-18-27(35)32-21-10-8-19(2)9-11-21/h5-16H,4,17-18H2,1-3H3,(H,31,34)(H,32,35)/b25-16+. The van der Waals surface area contributed by atoms with Crippen molar-refractivity contribution in [2.75, 3.05) is 37.5 Å². The summed E-state index contributed by atoms with van der Waals surface area (Å²) in [6.45, 7) is 3.57. The SMILES string of the molecule is CCOc1ccc(NC(=O)CN2C(=O)S/C(=C/c3cccc(OC)c3OCC(=O)Nc3ccc(C)cc3)C2=O)cc1. The molecule has 0 spiro atoms. The number of benzene rings is 3. The molecule has 2 N–H and O–H groups in total. The second-order valence-electron chi connectivity index (χ2n) is 8.85. The molecular formula is C30H29N3O7S. The molecule has 0 aliphatic carbocycles. The molecule has 0 atom stereocenters. The summed E-state index contributed by atoms with van der Waals surface area (Å²) in [4.78, 5) is 51.7. The van der Waals surface area contributed by atoms with Gasteiger partial charge < -0.3 is 24.8 Å². The lowest BCUT2D eigenvalue weighted by Crippen LogP contribution is -2.36. The van der Waals surface area contributed by atoms with Gasteiger partial charge in [0.2, 0.25) is 5.91 Å². The first-order valence-electron chi connectivity index (χ1n) is 12.7. The molecule has 41 heavy (non-hydrogen) atoms. The number of para-hydroxylation sites is 1. The van der Waals surface area contributed by atoms with Gasteiger partial charge in [-0.25, -0.2) is 0 Å². The van der Waals surface area contributed by atoms with Crippen molar-refractivity contribution in [1.29, 1.82) is 0 Å². The van der Waals surface area contributed by atoms with Crippen LogP contribution in [0.1, 0.15) is 18.1 Å². The third kappa shape index (κ3) is 7.67. The summed E-state index contributed by atoms with van der Waals surface area (Å²) < 4.78 is 16.6. The topological polar surface area (TPSA) is 123 Å². The van der Waals surface area contributed by atoms with Crippen LogP contribution in [0, 0.1) is 6.92 Å². The third-order valence-electron chi connectivity index (χ3n) is 5.82. The van der Waals surface area contributed by atoms with Crippen molar-refractivity contribution in [3.05, 3.63) is 82.8 Å². The largest absolute Gasteiger partial charge is 0.494 e. The van der Waals surface area contributed by atoms with E-state index in [9.17, 15) is 19.2 Å². The molecule has 3 aromatic rings. The predicted molar refractivity (Wildman–Crippen MR) is 157 cm³/mol. The fraction of sp³-hybridized carbons (Fsp3) is 0.200. The Kier molecular flexibility index (Phi) is 9.64. The first-order chi connectivity index (χ1) is 19.8. The number of carbonyl (C=O) groups is 4. The molecule has 0 aromatic heterocycles. The first kappa shape index (κ1) is 29.2. The molecule has 4 amide bonds. The van der Waals surface area contributed by atoms with Gasteiger partial charge in [0.05, 0.1) is 18.6 Å². The molecular weight excluding hydrogens is 546 g/mol. The Bertz CT molecular complexity index is 1470. The minimum Gasteiger partial charge on any atom is -0.494 e. The van der Waals surface area contributed by atoms with Crippen LogP contribution in [0.4, 0.5) is 16.2 Å². The number of hydrogen-bond acceptors (Lipinski definition) is 8. The quantitative estimate of drug-likeness (QED) is 0.303. The number of thioether (sulfide) groups is 1. The number of ether oxygens (including phenoxy) is 3. The maximum atomic E-state index is 13.1. The Morgan fingerprint density at radius 1 is 0.902 bits per heavy atom. The minimum absolute atomic E-state index is 0.103. The highest BCUT2D eigenvalue weighted by Crippen LogP contribution is 2.37. The number of rotatable bonds is 11. The summed E-state index contributed by atoms with van der Waals surface area (Å²) in [5.41, 5.74) is 2.63. The molecule has 11 heteroatoms. The summed E-state index contributed by atoms with van der Waals surface area (Å²) in [7, 11) is 1.45. The van der Waals surface area contributed by atoms with Crippen LogP contribution in [-0.2, 0) is 14.4 Å². The molecule has 4 rings (SSSR count). The van der Waals surface area contributed by atoms with Gasteiger partial charge in [-0.05, 0) is 74.1 Å². The van der Waals surface area contributed by atoms with E-state index in [1.807, 2.05) is 26.0 Å². The number of aryl methyl sites for hydroxylation is 1. The van der Waals surface area contributed by atoms with Crippen molar-refractivity contribution >= 4 is 52.2 Å². The smallest absolute Gasteiger partial charge is 0.294 e. The number of hydrogen-bond donors (Lipinski definition) is 2. The summed E-state index contributed by atoms with van der Waals surface area (Å²) in [6, 6.07) is 19.1. The Balaban J connectivity index is 1.43. The highest BCUT2D eigenvalue weighted by atomic mass is 32.2. The number of nitrogens with zero attached hydrogens (tertiary/aromatic N) is 1. The van der Waals surface area contributed by atoms with E-state index in [1.165, 1.54) is 13.2 Å². The average Bonchev–Trinajstić information content (AvgIpc) is 3.21. The number of nitrogens with one attached hydrogen (secondary N) is 2. The van der Waals surface area contributed by atoms with Gasteiger partial charge in [-0.2, -0.15) is 0 Å². The van der Waals surface area contributed by atoms with Crippen molar-refractivity contribution in [1.82, 2.24) is 4.90 Å². The van der Waals surface area contributed by atoms with Crippen molar-refractivity contribution in [3.8, 4) is 17.2 Å². The fourth-order valence-electron chi connectivity index (χ4n) is 3.86. The molecule has 0 unspecified atom stereocenters. The second kappa shape index (κ2) is 13.5. The van der Waals surface area contributed by atoms with Crippen molar-refractivity contribution < 1.29 is 33.4 Å². The summed E-state index contributed by atoms with van der Waals surface area (Å²) in [5.74, 6) is -0.292. The van der Waals surface area contributed by atoms with E-state index in [-0.39, 0.29) is 23.2 Å². The van der Waals surface area contributed by atoms with Gasteiger partial charge in [-0.15, -0.1) is 0 Å². The van der Waals surface area contributed by atoms with Gasteiger partial charge in [-0.1, -0.05) is 29.8 Å². The van der Waals surface area contributed by atoms with E-state index in [0.29, 0.717) is 46.8 Å². The number of amides is 4. The van der Waals surface area contributed by atoms with Gasteiger partial charge >= 0.3 is 0 Å². The van der Waals surface area contributed by atoms with Gasteiger partial charge in [0.15, 0.2) is 18.1 Å². The van der Waals surface area contributed by atoms with E-state index < -0.39 is 23.6 Å². The lowest BCUT2D eigenvalue weighted by atomic mass is 10.1. The maximum Gasteiger partial charge on any atom is 0.294 e. The molecule has 0 radical (unpaired) electrons. The van der Waals surface area contributed by atoms with Crippen LogP contribution in [0.3, 0.4) is 0 Å². The Morgan fingerprint density at radius 2 is 1.56 bits per heavy atom. The van der Waals surface area contributed by atoms with Crippen LogP contribution < -0.4 is 24.8 Å². The van der Waals surface area contributed by atoms with Crippen LogP contribution in [0.5, 0.6) is 17.2 Å². The molecule has 0 saturated carbocycles. The first-order valence-corrected chi connectivity index (χ1v) is 13.5. The summed E-state index contributed by atoms with van der Waals surface area (Å²) in [5, 5.41) is 4.85. The normalized spacial score (nSPS) is 13.7. The van der Waals surface area contributed by atoms with Gasteiger partial charge in [0, 0.05) is 16.9 Å². The Labute approximate surface area is 241 Å². The zero-order valence-electron chi connectivity index (χ0n) is 22.8. The Hall–Kier alpha value is -4.77. The summed E-state index contributed by atoms with van der Waals surface area (Å²) >= 11 is 0.708. The summed E-state index contributed by atoms with van der Waals surface area (Å²) in [6.07, 6.45) is 1.48. The van der Waals surface area contributed by atoms with E-state index in [1.54, 1.807) is 54.6 Å². The minimum atomic E-state index is -0.618. The molecule has 1 aliphatic rings. The van der Waals surface area contributed by atoms with Crippen LogP contribution in [0.15, 0.2) is 71.6 Å². The number of imide groups is 1. The maximum absolute atomic E-state index is 13.1. The zero-order chi connectivity index (χ0) is 29.4. The predicted octanol–water partition coefficient (Wildman–Crippen LogP) is 5.09. The molecule has 212 valence electrons. The van der Waals surface area contributed by atoms with Crippen LogP contribution in [0.25, 0.3) is 6.08 Å². The molecule has 1 fully saturated rings. The number of anilines is 2. The molecule has 3 aromatic carbocycles. The molecule has 10 nitrogen and oxygen atoms in total. The van der Waals surface area contributed by atoms with Gasteiger partial charge in [0.1, 0.15) is 12.3 Å². The number of carbonyl (C=O) groups excluding carboxylic acids is 4. The molecule has 1 saturated heterocycles. The van der Waals surface area contributed by atoms with Crippen LogP contribution >= 0.6 is 11.8 Å². The lowest BCUT2D eigenvalue weighted by Gasteiger charge is -2.14. The average molecular weight is 576 g/mol. The molecule has 0 bridgehead atoms. The number of methoxy groups -OCH3 is 1. The van der Waals surface area contributed by atoms with E-state index in [2.05, 4.69) is 10.6 Å². The van der Waals surface area contributed by atoms with Crippen molar-refractivity contribution in [2.24, 2.45) is 0 Å². The van der Waals surface area contributed by atoms with Crippen LogP contribution in [0.2, 0.25) is 0 Å². The second-order valence-corrected chi connectivity index (χ2v) is 9.85. The van der Waals surface area contributed by atoms with E-state index in [0.717, 1.165) is 10.5 Å². The zero-order valence-corrected chi connectivity index (χ0v) is 23.6. The van der Waals surface area contributed by atoms with Crippen molar-refractivity contribution in [2.45, 2.75) is 13.8 Å². The Morgan fingerprint density at radius 3 is 2.22 bits per heavy atom. The van der Waals surface area contributed by atoms with E-state index in [4.69, 9.17) is 14.2 Å². The molecule has 1 heterocycles. The highest BCUT2D eigenvalue weighted by molar-refractivity contribution is 8.18. The van der Waals surface area contributed by atoms with E-state index >= 15 is 0 Å². The van der Waals surface area contributed by atoms with Crippen molar-refractivity contribution in [3.63, 3.8) is 0 Å². The highest BCUT2D eigenvalue weighted by Gasteiger charge is 2.36.